The Morgan fingerprint density at radius 2 is 1.95 bits per heavy atom. The highest BCUT2D eigenvalue weighted by Crippen LogP contribution is 2.32. The lowest BCUT2D eigenvalue weighted by Crippen LogP contribution is -3.00. The van der Waals surface area contributed by atoms with E-state index in [4.69, 9.17) is 14.2 Å². The molecule has 1 heterocycles. The van der Waals surface area contributed by atoms with E-state index in [1.54, 1.807) is 18.2 Å². The van der Waals surface area contributed by atoms with Crippen molar-refractivity contribution in [3.63, 3.8) is 0 Å². The maximum atomic E-state index is 11.9. The van der Waals surface area contributed by atoms with Crippen molar-refractivity contribution in [3.05, 3.63) is 23.8 Å². The third-order valence-corrected chi connectivity index (χ3v) is 3.41. The molecule has 0 unspecified atom stereocenters. The van der Waals surface area contributed by atoms with Crippen molar-refractivity contribution >= 4 is 5.97 Å². The predicted molar refractivity (Wildman–Crippen MR) is 75.2 cm³/mol. The highest BCUT2D eigenvalue weighted by atomic mass is 35.5. The molecule has 2 rings (SSSR count). The molecule has 0 aromatic heterocycles. The van der Waals surface area contributed by atoms with Gasteiger partial charge in [0.25, 0.3) is 0 Å². The summed E-state index contributed by atoms with van der Waals surface area (Å²) in [5.41, 5.74) is 0.540. The second-order valence-electron chi connectivity index (χ2n) is 5.80. The summed E-state index contributed by atoms with van der Waals surface area (Å²) in [5, 5.41) is 0. The predicted octanol–water partition coefficient (Wildman–Crippen LogP) is -0.694. The van der Waals surface area contributed by atoms with E-state index in [0.29, 0.717) is 30.2 Å². The van der Waals surface area contributed by atoms with Crippen LogP contribution in [0.4, 0.5) is 0 Å². The molecule has 21 heavy (non-hydrogen) atoms. The minimum Gasteiger partial charge on any atom is -1.00 e. The van der Waals surface area contributed by atoms with E-state index in [9.17, 15) is 4.79 Å². The Bertz CT molecular complexity index is 499. The Balaban J connectivity index is 0.00000220. The second kappa shape index (κ2) is 7.00. The summed E-state index contributed by atoms with van der Waals surface area (Å²) in [4.78, 5) is 14.1. The smallest absolute Gasteiger partial charge is 0.338 e. The molecule has 0 atom stereocenters. The number of likely N-dealkylation sites (N-methyl/N-ethyl adjacent to an activating group) is 1. The number of halogens is 1. The van der Waals surface area contributed by atoms with Gasteiger partial charge < -0.3 is 26.6 Å². The zero-order valence-electron chi connectivity index (χ0n) is 12.8. The molecule has 5 nitrogen and oxygen atoms in total. The Labute approximate surface area is 131 Å². The van der Waals surface area contributed by atoms with Gasteiger partial charge in [0.15, 0.2) is 11.5 Å². The molecule has 0 bridgehead atoms. The van der Waals surface area contributed by atoms with Crippen molar-refractivity contribution in [2.45, 2.75) is 26.3 Å². The third kappa shape index (κ3) is 4.51. The van der Waals surface area contributed by atoms with Crippen LogP contribution in [0.25, 0.3) is 0 Å². The molecule has 1 aromatic rings. The van der Waals surface area contributed by atoms with Crippen LogP contribution < -0.4 is 21.9 Å². The Hall–Kier alpha value is -1.46. The van der Waals surface area contributed by atoms with Gasteiger partial charge in [-0.1, -0.05) is 0 Å². The van der Waals surface area contributed by atoms with Crippen LogP contribution >= 0.6 is 0 Å². The number of carbonyl (C=O) groups excluding carboxylic acids is 1. The Kier molecular flexibility index (Phi) is 5.87. The average Bonchev–Trinajstić information content (AvgIpc) is 2.84. The molecule has 0 radical (unpaired) electrons. The van der Waals surface area contributed by atoms with E-state index < -0.39 is 0 Å². The normalized spacial score (nSPS) is 13.0. The van der Waals surface area contributed by atoms with E-state index in [-0.39, 0.29) is 30.7 Å². The maximum absolute atomic E-state index is 11.9. The van der Waals surface area contributed by atoms with E-state index in [1.165, 1.54) is 0 Å². The van der Waals surface area contributed by atoms with Crippen LogP contribution in [0, 0.1) is 0 Å². The lowest BCUT2D eigenvalue weighted by Gasteiger charge is -2.31. The Morgan fingerprint density at radius 3 is 2.62 bits per heavy atom. The van der Waals surface area contributed by atoms with Crippen molar-refractivity contribution < 1.29 is 31.4 Å². The molecule has 0 aliphatic carbocycles. The van der Waals surface area contributed by atoms with Gasteiger partial charge in [-0.3, -0.25) is 4.90 Å². The number of hydrogen-bond donors (Lipinski definition) is 0. The molecule has 0 N–H and O–H groups in total. The third-order valence-electron chi connectivity index (χ3n) is 3.41. The molecular weight excluding hydrogens is 294 g/mol. The van der Waals surface area contributed by atoms with Gasteiger partial charge in [0, 0.05) is 12.1 Å². The minimum absolute atomic E-state index is 0. The van der Waals surface area contributed by atoms with E-state index in [1.807, 2.05) is 7.05 Å². The minimum atomic E-state index is -0.342. The van der Waals surface area contributed by atoms with Crippen LogP contribution in [0.1, 0.15) is 31.1 Å². The molecule has 0 spiro atoms. The number of hydrogen-bond acceptors (Lipinski definition) is 5. The highest BCUT2D eigenvalue weighted by Gasteiger charge is 2.19. The lowest BCUT2D eigenvalue weighted by atomic mass is 10.1. The van der Waals surface area contributed by atoms with Crippen LogP contribution in [-0.4, -0.2) is 43.4 Å². The van der Waals surface area contributed by atoms with Crippen molar-refractivity contribution in [1.82, 2.24) is 4.90 Å². The first-order valence-electron chi connectivity index (χ1n) is 6.66. The summed E-state index contributed by atoms with van der Waals surface area (Å²) in [5.74, 6) is 0.908. The van der Waals surface area contributed by atoms with Crippen molar-refractivity contribution in [3.8, 4) is 11.5 Å². The molecule has 0 amide bonds. The first-order chi connectivity index (χ1) is 9.38. The largest absolute Gasteiger partial charge is 1.00 e. The quantitative estimate of drug-likeness (QED) is 0.688. The van der Waals surface area contributed by atoms with Crippen molar-refractivity contribution in [2.24, 2.45) is 0 Å². The van der Waals surface area contributed by atoms with Gasteiger partial charge in [-0.25, -0.2) is 4.79 Å². The number of fused-ring (bicyclic) bond motifs is 1. The Morgan fingerprint density at radius 1 is 1.29 bits per heavy atom. The zero-order valence-corrected chi connectivity index (χ0v) is 13.6. The van der Waals surface area contributed by atoms with Crippen LogP contribution in [0.3, 0.4) is 0 Å². The van der Waals surface area contributed by atoms with Gasteiger partial charge in [-0.2, -0.15) is 0 Å². The standard InChI is InChI=1S/C15H21NO4.ClH/c1-15(2,3)16(4)7-8-18-14(17)11-5-6-12-13(9-11)20-10-19-12;/h5-6,9H,7-8,10H2,1-4H3;1H/p-1. The number of ether oxygens (including phenoxy) is 3. The van der Waals surface area contributed by atoms with Gasteiger partial charge in [0.1, 0.15) is 6.61 Å². The number of benzene rings is 1. The molecule has 6 heteroatoms. The van der Waals surface area contributed by atoms with Crippen LogP contribution in [0.15, 0.2) is 18.2 Å². The van der Waals surface area contributed by atoms with Crippen LogP contribution in [0.5, 0.6) is 11.5 Å². The summed E-state index contributed by atoms with van der Waals surface area (Å²) in [7, 11) is 2.01. The van der Waals surface area contributed by atoms with Crippen molar-refractivity contribution in [2.75, 3.05) is 27.0 Å². The number of nitrogens with zero attached hydrogens (tertiary/aromatic N) is 1. The topological polar surface area (TPSA) is 48.0 Å². The first kappa shape index (κ1) is 17.6. The maximum Gasteiger partial charge on any atom is 0.338 e. The first-order valence-corrected chi connectivity index (χ1v) is 6.66. The molecule has 0 saturated carbocycles. The van der Waals surface area contributed by atoms with Gasteiger partial charge in [0.05, 0.1) is 5.56 Å². The summed E-state index contributed by atoms with van der Waals surface area (Å²) >= 11 is 0. The fourth-order valence-electron chi connectivity index (χ4n) is 1.72. The van der Waals surface area contributed by atoms with E-state index in [2.05, 4.69) is 25.7 Å². The summed E-state index contributed by atoms with van der Waals surface area (Å²) in [6.07, 6.45) is 0. The van der Waals surface area contributed by atoms with Gasteiger partial charge >= 0.3 is 5.97 Å². The number of carbonyl (C=O) groups is 1. The van der Waals surface area contributed by atoms with E-state index in [0.717, 1.165) is 0 Å². The summed E-state index contributed by atoms with van der Waals surface area (Å²) in [6.45, 7) is 7.61. The van der Waals surface area contributed by atoms with Crippen molar-refractivity contribution in [1.29, 1.82) is 0 Å². The molecule has 0 saturated heterocycles. The molecule has 0 fully saturated rings. The van der Waals surface area contributed by atoms with Crippen LogP contribution in [-0.2, 0) is 4.74 Å². The molecule has 1 aliphatic rings. The molecule has 1 aliphatic heterocycles. The summed E-state index contributed by atoms with van der Waals surface area (Å²) in [6, 6.07) is 5.06. The molecular formula is C15H21ClNO4-. The average molecular weight is 315 g/mol. The SMILES string of the molecule is CN(CCOC(=O)c1ccc2c(c1)OCO2)C(C)(C)C.[Cl-]. The lowest BCUT2D eigenvalue weighted by molar-refractivity contribution is -0.0000241. The van der Waals surface area contributed by atoms with E-state index >= 15 is 0 Å². The fourth-order valence-corrected chi connectivity index (χ4v) is 1.72. The molecule has 118 valence electrons. The van der Waals surface area contributed by atoms with Gasteiger partial charge in [-0.15, -0.1) is 0 Å². The fraction of sp³-hybridized carbons (Fsp3) is 0.533. The van der Waals surface area contributed by atoms with Crippen LogP contribution in [0.2, 0.25) is 0 Å². The monoisotopic (exact) mass is 314 g/mol. The number of rotatable bonds is 4. The molecule has 1 aromatic carbocycles. The summed E-state index contributed by atoms with van der Waals surface area (Å²) < 4.78 is 15.7. The number of esters is 1. The van der Waals surface area contributed by atoms with Gasteiger partial charge in [0.2, 0.25) is 6.79 Å². The van der Waals surface area contributed by atoms with Gasteiger partial charge in [-0.05, 0) is 46.0 Å². The zero-order chi connectivity index (χ0) is 14.8. The highest BCUT2D eigenvalue weighted by molar-refractivity contribution is 5.90. The second-order valence-corrected chi connectivity index (χ2v) is 5.80.